The monoisotopic (exact) mass is 328 g/mol. The lowest BCUT2D eigenvalue weighted by Gasteiger charge is -2.16. The quantitative estimate of drug-likeness (QED) is 0.770. The number of rotatable bonds is 8. The van der Waals surface area contributed by atoms with E-state index >= 15 is 0 Å². The Morgan fingerprint density at radius 3 is 2.68 bits per heavy atom. The lowest BCUT2D eigenvalue weighted by atomic mass is 10.2. The van der Waals surface area contributed by atoms with Gasteiger partial charge in [0, 0.05) is 6.07 Å². The fraction of sp³-hybridized carbons (Fsp3) is 0.562. The van der Waals surface area contributed by atoms with Gasteiger partial charge in [-0.1, -0.05) is 0 Å². The van der Waals surface area contributed by atoms with Crippen molar-refractivity contribution in [1.82, 2.24) is 5.32 Å². The molecule has 0 spiro atoms. The highest BCUT2D eigenvalue weighted by atomic mass is 35.5. The lowest BCUT2D eigenvalue weighted by molar-refractivity contribution is -0.115. The van der Waals surface area contributed by atoms with E-state index in [0.29, 0.717) is 23.7 Å². The second-order valence-corrected chi connectivity index (χ2v) is 5.65. The molecule has 22 heavy (non-hydrogen) atoms. The van der Waals surface area contributed by atoms with Gasteiger partial charge in [0.2, 0.25) is 5.91 Å². The molecule has 124 valence electrons. The molecule has 1 saturated carbocycles. The predicted molar refractivity (Wildman–Crippen MR) is 90.2 cm³/mol. The Balaban J connectivity index is 0.00000242. The third-order valence-electron chi connectivity index (χ3n) is 3.24. The lowest BCUT2D eigenvalue weighted by Crippen LogP contribution is -2.29. The van der Waals surface area contributed by atoms with E-state index in [-0.39, 0.29) is 24.4 Å². The van der Waals surface area contributed by atoms with Crippen LogP contribution in [0.15, 0.2) is 18.2 Å². The summed E-state index contributed by atoms with van der Waals surface area (Å²) in [6.45, 7) is 5.13. The van der Waals surface area contributed by atoms with Crippen LogP contribution < -0.4 is 20.1 Å². The van der Waals surface area contributed by atoms with E-state index in [4.69, 9.17) is 9.47 Å². The van der Waals surface area contributed by atoms with E-state index in [1.165, 1.54) is 12.8 Å². The molecule has 2 N–H and O–H groups in total. The number of nitrogens with one attached hydrogen (secondary N) is 2. The van der Waals surface area contributed by atoms with Crippen molar-refractivity contribution in [3.8, 4) is 11.5 Å². The number of anilines is 1. The van der Waals surface area contributed by atoms with Gasteiger partial charge in [0.25, 0.3) is 0 Å². The molecule has 0 aromatic heterocycles. The van der Waals surface area contributed by atoms with Gasteiger partial charge >= 0.3 is 0 Å². The Labute approximate surface area is 138 Å². The number of amides is 1. The number of carbonyl (C=O) groups excluding carboxylic acids is 1. The molecule has 0 bridgehead atoms. The van der Waals surface area contributed by atoms with Crippen LogP contribution in [0.1, 0.15) is 26.7 Å². The summed E-state index contributed by atoms with van der Waals surface area (Å²) in [4.78, 5) is 12.0. The van der Waals surface area contributed by atoms with Crippen molar-refractivity contribution in [1.29, 1.82) is 0 Å². The van der Waals surface area contributed by atoms with Gasteiger partial charge in [-0.15, -0.1) is 12.4 Å². The van der Waals surface area contributed by atoms with E-state index in [0.717, 1.165) is 12.5 Å². The first kappa shape index (κ1) is 18.6. The number of benzene rings is 1. The van der Waals surface area contributed by atoms with Gasteiger partial charge in [0.05, 0.1) is 25.4 Å². The van der Waals surface area contributed by atoms with Crippen LogP contribution in [0.2, 0.25) is 0 Å². The molecular formula is C16H25ClN2O3. The van der Waals surface area contributed by atoms with Crippen molar-refractivity contribution in [2.45, 2.75) is 32.8 Å². The van der Waals surface area contributed by atoms with Gasteiger partial charge in [-0.05, 0) is 51.3 Å². The number of ether oxygens (including phenoxy) is 2. The summed E-state index contributed by atoms with van der Waals surface area (Å²) in [6, 6.07) is 5.40. The van der Waals surface area contributed by atoms with Crippen LogP contribution >= 0.6 is 12.4 Å². The molecule has 6 heteroatoms. The number of halogens is 1. The summed E-state index contributed by atoms with van der Waals surface area (Å²) in [5, 5.41) is 6.05. The van der Waals surface area contributed by atoms with Crippen molar-refractivity contribution in [3.63, 3.8) is 0 Å². The molecule has 1 aromatic rings. The average Bonchev–Trinajstić information content (AvgIpc) is 3.24. The smallest absolute Gasteiger partial charge is 0.238 e. The molecule has 0 atom stereocenters. The predicted octanol–water partition coefficient (Wildman–Crippen LogP) is 2.84. The van der Waals surface area contributed by atoms with Crippen molar-refractivity contribution in [3.05, 3.63) is 18.2 Å². The highest BCUT2D eigenvalue weighted by Gasteiger charge is 2.20. The highest BCUT2D eigenvalue weighted by Crippen LogP contribution is 2.30. The molecule has 0 unspecified atom stereocenters. The first-order chi connectivity index (χ1) is 10.1. The first-order valence-electron chi connectivity index (χ1n) is 7.43. The second kappa shape index (κ2) is 8.86. The third kappa shape index (κ3) is 6.12. The normalized spacial score (nSPS) is 13.5. The number of carbonyl (C=O) groups is 1. The molecule has 5 nitrogen and oxygen atoms in total. The van der Waals surface area contributed by atoms with E-state index < -0.39 is 0 Å². The van der Waals surface area contributed by atoms with Gasteiger partial charge in [-0.3, -0.25) is 4.79 Å². The fourth-order valence-electron chi connectivity index (χ4n) is 2.00. The van der Waals surface area contributed by atoms with E-state index in [2.05, 4.69) is 10.6 Å². The molecule has 0 saturated heterocycles. The summed E-state index contributed by atoms with van der Waals surface area (Å²) in [7, 11) is 1.60. The summed E-state index contributed by atoms with van der Waals surface area (Å²) in [5.41, 5.74) is 0.640. The molecular weight excluding hydrogens is 304 g/mol. The maximum absolute atomic E-state index is 12.0. The molecule has 0 radical (unpaired) electrons. The SMILES string of the molecule is COc1ccc(OC(C)C)c(NC(=O)CNCC2CC2)c1.Cl. The van der Waals surface area contributed by atoms with E-state index in [9.17, 15) is 4.79 Å². The van der Waals surface area contributed by atoms with Crippen LogP contribution in [-0.4, -0.2) is 32.2 Å². The van der Waals surface area contributed by atoms with E-state index in [1.54, 1.807) is 13.2 Å². The van der Waals surface area contributed by atoms with Crippen LogP contribution in [-0.2, 0) is 4.79 Å². The molecule has 0 aliphatic heterocycles. The average molecular weight is 329 g/mol. The minimum atomic E-state index is -0.0718. The Morgan fingerprint density at radius 1 is 1.36 bits per heavy atom. The molecule has 2 rings (SSSR count). The maximum atomic E-state index is 12.0. The van der Waals surface area contributed by atoms with Gasteiger partial charge in [0.1, 0.15) is 11.5 Å². The molecule has 1 fully saturated rings. The fourth-order valence-corrected chi connectivity index (χ4v) is 2.00. The molecule has 1 aliphatic rings. The van der Waals surface area contributed by atoms with E-state index in [1.807, 2.05) is 26.0 Å². The zero-order valence-corrected chi connectivity index (χ0v) is 14.2. The number of methoxy groups -OCH3 is 1. The van der Waals surface area contributed by atoms with Crippen LogP contribution in [0.3, 0.4) is 0 Å². The van der Waals surface area contributed by atoms with Gasteiger partial charge < -0.3 is 20.1 Å². The molecule has 0 heterocycles. The summed E-state index contributed by atoms with van der Waals surface area (Å²) in [5.74, 6) is 2.03. The standard InChI is InChI=1S/C16H24N2O3.ClH/c1-11(2)21-15-7-6-13(20-3)8-14(15)18-16(19)10-17-9-12-4-5-12;/h6-8,11-12,17H,4-5,9-10H2,1-3H3,(H,18,19);1H. The van der Waals surface area contributed by atoms with Crippen molar-refractivity contribution < 1.29 is 14.3 Å². The zero-order valence-electron chi connectivity index (χ0n) is 13.3. The number of hydrogen-bond acceptors (Lipinski definition) is 4. The molecule has 1 aromatic carbocycles. The number of hydrogen-bond donors (Lipinski definition) is 2. The summed E-state index contributed by atoms with van der Waals surface area (Å²) < 4.78 is 10.9. The van der Waals surface area contributed by atoms with Crippen LogP contribution in [0, 0.1) is 5.92 Å². The second-order valence-electron chi connectivity index (χ2n) is 5.65. The summed E-state index contributed by atoms with van der Waals surface area (Å²) in [6.07, 6.45) is 2.59. The highest BCUT2D eigenvalue weighted by molar-refractivity contribution is 5.94. The Bertz CT molecular complexity index is 490. The van der Waals surface area contributed by atoms with Gasteiger partial charge in [-0.25, -0.2) is 0 Å². The minimum Gasteiger partial charge on any atom is -0.497 e. The largest absolute Gasteiger partial charge is 0.497 e. The van der Waals surface area contributed by atoms with Crippen molar-refractivity contribution in [2.75, 3.05) is 25.5 Å². The third-order valence-corrected chi connectivity index (χ3v) is 3.24. The van der Waals surface area contributed by atoms with Crippen LogP contribution in [0.25, 0.3) is 0 Å². The Morgan fingerprint density at radius 2 is 2.09 bits per heavy atom. The minimum absolute atomic E-state index is 0. The zero-order chi connectivity index (χ0) is 15.2. The molecule has 1 amide bonds. The van der Waals surface area contributed by atoms with Crippen LogP contribution in [0.5, 0.6) is 11.5 Å². The van der Waals surface area contributed by atoms with Crippen molar-refractivity contribution >= 4 is 24.0 Å². The van der Waals surface area contributed by atoms with Crippen LogP contribution in [0.4, 0.5) is 5.69 Å². The Kier molecular flexibility index (Phi) is 7.48. The molecule has 1 aliphatic carbocycles. The maximum Gasteiger partial charge on any atom is 0.238 e. The first-order valence-corrected chi connectivity index (χ1v) is 7.43. The topological polar surface area (TPSA) is 59.6 Å². The summed E-state index contributed by atoms with van der Waals surface area (Å²) >= 11 is 0. The van der Waals surface area contributed by atoms with Crippen molar-refractivity contribution in [2.24, 2.45) is 5.92 Å². The van der Waals surface area contributed by atoms with Gasteiger partial charge in [-0.2, -0.15) is 0 Å². The Hall–Kier alpha value is -1.46. The van der Waals surface area contributed by atoms with Gasteiger partial charge in [0.15, 0.2) is 0 Å².